The number of amides is 2. The molecule has 0 spiro atoms. The Kier molecular flexibility index (Phi) is 11.3. The number of nitrogens with one attached hydrogen (secondary N) is 2. The van der Waals surface area contributed by atoms with E-state index in [9.17, 15) is 19.2 Å². The van der Waals surface area contributed by atoms with Crippen molar-refractivity contribution in [1.82, 2.24) is 11.0 Å². The Labute approximate surface area is 229 Å². The fraction of sp³-hybridized carbons (Fsp3) is 0.448. The molecular formula is C29H40N4O6. The number of benzene rings is 2. The van der Waals surface area contributed by atoms with Crippen LogP contribution >= 0.6 is 0 Å². The molecule has 6 N–H and O–H groups in total. The summed E-state index contributed by atoms with van der Waals surface area (Å²) in [5, 5.41) is 0. The molecule has 10 heteroatoms. The lowest BCUT2D eigenvalue weighted by Gasteiger charge is -2.30. The van der Waals surface area contributed by atoms with E-state index in [0.717, 1.165) is 11.1 Å². The van der Waals surface area contributed by atoms with E-state index in [4.69, 9.17) is 21.1 Å². The molecular weight excluding hydrogens is 500 g/mol. The van der Waals surface area contributed by atoms with Crippen LogP contribution in [0.4, 0.5) is 11.4 Å². The molecule has 0 heterocycles. The van der Waals surface area contributed by atoms with Gasteiger partial charge in [-0.05, 0) is 73.9 Å². The zero-order chi connectivity index (χ0) is 29.1. The Hall–Kier alpha value is -4.08. The van der Waals surface area contributed by atoms with Gasteiger partial charge in [0.25, 0.3) is 11.8 Å². The molecule has 2 aromatic carbocycles. The van der Waals surface area contributed by atoms with Crippen LogP contribution < -0.4 is 22.4 Å². The van der Waals surface area contributed by atoms with Crippen molar-refractivity contribution >= 4 is 35.1 Å². The van der Waals surface area contributed by atoms with E-state index >= 15 is 0 Å². The van der Waals surface area contributed by atoms with Gasteiger partial charge in [-0.25, -0.2) is 9.59 Å². The number of anilines is 2. The van der Waals surface area contributed by atoms with Crippen molar-refractivity contribution in [2.45, 2.75) is 72.6 Å². The maximum Gasteiger partial charge on any atom is 0.343 e. The molecule has 0 saturated carbocycles. The van der Waals surface area contributed by atoms with Crippen LogP contribution in [0.15, 0.2) is 48.5 Å². The first kappa shape index (κ1) is 31.1. The Morgan fingerprint density at radius 2 is 1.03 bits per heavy atom. The smallest absolute Gasteiger partial charge is 0.343 e. The van der Waals surface area contributed by atoms with Gasteiger partial charge in [0.1, 0.15) is 6.42 Å². The summed E-state index contributed by atoms with van der Waals surface area (Å²) in [7, 11) is 0. The highest BCUT2D eigenvalue weighted by Gasteiger charge is 2.37. The number of carbonyl (C=O) groups is 4. The van der Waals surface area contributed by atoms with E-state index in [2.05, 4.69) is 11.0 Å². The van der Waals surface area contributed by atoms with Gasteiger partial charge in [-0.2, -0.15) is 11.0 Å². The van der Waals surface area contributed by atoms with E-state index in [1.165, 1.54) is 0 Å². The van der Waals surface area contributed by atoms with Crippen molar-refractivity contribution in [3.8, 4) is 0 Å². The van der Waals surface area contributed by atoms with Gasteiger partial charge in [-0.1, -0.05) is 52.0 Å². The van der Waals surface area contributed by atoms with Crippen LogP contribution in [0.25, 0.3) is 0 Å². The van der Waals surface area contributed by atoms with Crippen molar-refractivity contribution in [2.75, 3.05) is 11.5 Å². The van der Waals surface area contributed by atoms with Gasteiger partial charge in [-0.3, -0.25) is 9.59 Å². The van der Waals surface area contributed by atoms with Gasteiger partial charge in [0.2, 0.25) is 0 Å². The Balaban J connectivity index is 1.91. The van der Waals surface area contributed by atoms with E-state index in [1.807, 2.05) is 52.0 Å². The van der Waals surface area contributed by atoms with Crippen molar-refractivity contribution in [2.24, 2.45) is 10.8 Å². The second-order valence-electron chi connectivity index (χ2n) is 9.81. The number of hydrogen-bond acceptors (Lipinski definition) is 8. The number of nitrogen functional groups attached to an aromatic ring is 2. The Bertz CT molecular complexity index is 1070. The normalized spacial score (nSPS) is 11.4. The van der Waals surface area contributed by atoms with E-state index in [-0.39, 0.29) is 0 Å². The summed E-state index contributed by atoms with van der Waals surface area (Å²) in [5.41, 5.74) is 17.3. The number of hydroxylamine groups is 2. The average Bonchev–Trinajstić information content (AvgIpc) is 2.92. The topological polar surface area (TPSA) is 163 Å². The van der Waals surface area contributed by atoms with Crippen LogP contribution in [-0.2, 0) is 41.7 Å². The van der Waals surface area contributed by atoms with E-state index in [1.54, 1.807) is 24.3 Å². The quantitative estimate of drug-likeness (QED) is 0.179. The maximum absolute atomic E-state index is 13.0. The molecule has 0 aliphatic carbocycles. The molecule has 0 aromatic heterocycles. The molecule has 39 heavy (non-hydrogen) atoms. The standard InChI is InChI=1S/C29H40N4O6/c1-5-28(6-2,18-20-11-9-13-22(30)15-20)26(36)32-38-24(34)17-25(35)39-33-27(37)29(7-3,8-4)19-21-12-10-14-23(31)16-21/h9-16H,5-8,17-19,30-31H2,1-4H3,(H,32,36)(H,33,37). The summed E-state index contributed by atoms with van der Waals surface area (Å²) in [6.07, 6.45) is 1.94. The SMILES string of the molecule is CCC(CC)(Cc1cccc(N)c1)C(=O)NOC(=O)CC(=O)ONC(=O)C(CC)(CC)Cc1cccc(N)c1. The molecule has 0 radical (unpaired) electrons. The minimum absolute atomic E-state index is 0.397. The number of carbonyl (C=O) groups excluding carboxylic acids is 4. The summed E-state index contributed by atoms with van der Waals surface area (Å²) in [4.78, 5) is 60.1. The van der Waals surface area contributed by atoms with Gasteiger partial charge in [0, 0.05) is 11.4 Å². The molecule has 2 rings (SSSR count). The second-order valence-corrected chi connectivity index (χ2v) is 9.81. The monoisotopic (exact) mass is 540 g/mol. The second kappa shape index (κ2) is 14.2. The lowest BCUT2D eigenvalue weighted by atomic mass is 9.76. The molecule has 0 fully saturated rings. The highest BCUT2D eigenvalue weighted by atomic mass is 16.7. The number of nitrogens with two attached hydrogens (primary N) is 2. The molecule has 0 bridgehead atoms. The highest BCUT2D eigenvalue weighted by Crippen LogP contribution is 2.33. The van der Waals surface area contributed by atoms with Crippen molar-refractivity contribution in [1.29, 1.82) is 0 Å². The van der Waals surface area contributed by atoms with Gasteiger partial charge in [0.15, 0.2) is 0 Å². The fourth-order valence-corrected chi connectivity index (χ4v) is 4.60. The van der Waals surface area contributed by atoms with Crippen molar-refractivity contribution < 1.29 is 28.9 Å². The molecule has 0 atom stereocenters. The molecule has 0 saturated heterocycles. The van der Waals surface area contributed by atoms with Crippen LogP contribution in [0.2, 0.25) is 0 Å². The molecule has 0 aliphatic heterocycles. The number of hydrogen-bond donors (Lipinski definition) is 4. The summed E-state index contributed by atoms with van der Waals surface area (Å²) >= 11 is 0. The lowest BCUT2D eigenvalue weighted by Crippen LogP contribution is -2.44. The Morgan fingerprint density at radius 3 is 1.33 bits per heavy atom. The third-order valence-electron chi connectivity index (χ3n) is 7.46. The molecule has 212 valence electrons. The zero-order valence-electron chi connectivity index (χ0n) is 23.2. The maximum atomic E-state index is 13.0. The minimum atomic E-state index is -1.02. The number of rotatable bonds is 12. The minimum Gasteiger partial charge on any atom is -0.399 e. The zero-order valence-corrected chi connectivity index (χ0v) is 23.2. The molecule has 10 nitrogen and oxygen atoms in total. The van der Waals surface area contributed by atoms with Gasteiger partial charge >= 0.3 is 11.9 Å². The van der Waals surface area contributed by atoms with Crippen LogP contribution in [0.1, 0.15) is 70.9 Å². The molecule has 0 unspecified atom stereocenters. The first-order valence-electron chi connectivity index (χ1n) is 13.2. The van der Waals surface area contributed by atoms with Crippen LogP contribution in [0.3, 0.4) is 0 Å². The lowest BCUT2D eigenvalue weighted by molar-refractivity contribution is -0.171. The highest BCUT2D eigenvalue weighted by molar-refractivity contribution is 5.93. The predicted octanol–water partition coefficient (Wildman–Crippen LogP) is 3.79. The summed E-state index contributed by atoms with van der Waals surface area (Å²) in [6, 6.07) is 14.5. The molecule has 2 aromatic rings. The summed E-state index contributed by atoms with van der Waals surface area (Å²) in [5.74, 6) is -3.02. The van der Waals surface area contributed by atoms with Crippen LogP contribution in [0, 0.1) is 10.8 Å². The largest absolute Gasteiger partial charge is 0.399 e. The summed E-state index contributed by atoms with van der Waals surface area (Å²) < 4.78 is 0. The molecule has 0 aliphatic rings. The van der Waals surface area contributed by atoms with Crippen molar-refractivity contribution in [3.05, 3.63) is 59.7 Å². The Morgan fingerprint density at radius 1 is 0.667 bits per heavy atom. The molecule has 2 amide bonds. The third kappa shape index (κ3) is 8.46. The average molecular weight is 541 g/mol. The first-order chi connectivity index (χ1) is 18.5. The summed E-state index contributed by atoms with van der Waals surface area (Å²) in [6.45, 7) is 7.49. The van der Waals surface area contributed by atoms with Crippen LogP contribution in [0.5, 0.6) is 0 Å². The van der Waals surface area contributed by atoms with E-state index < -0.39 is 41.0 Å². The van der Waals surface area contributed by atoms with Gasteiger partial charge in [0.05, 0.1) is 10.8 Å². The van der Waals surface area contributed by atoms with E-state index in [0.29, 0.717) is 49.9 Å². The fourth-order valence-electron chi connectivity index (χ4n) is 4.60. The predicted molar refractivity (Wildman–Crippen MR) is 148 cm³/mol. The first-order valence-corrected chi connectivity index (χ1v) is 13.2. The van der Waals surface area contributed by atoms with Crippen LogP contribution in [-0.4, -0.2) is 23.8 Å². The van der Waals surface area contributed by atoms with Gasteiger partial charge < -0.3 is 21.1 Å². The third-order valence-corrected chi connectivity index (χ3v) is 7.46. The van der Waals surface area contributed by atoms with Crippen molar-refractivity contribution in [3.63, 3.8) is 0 Å². The van der Waals surface area contributed by atoms with Gasteiger partial charge in [-0.15, -0.1) is 0 Å².